The van der Waals surface area contributed by atoms with Crippen molar-refractivity contribution in [3.05, 3.63) is 34.9 Å². The van der Waals surface area contributed by atoms with Crippen LogP contribution in [0, 0.1) is 6.92 Å². The minimum atomic E-state index is -0.437. The molecule has 0 heterocycles. The fourth-order valence-electron chi connectivity index (χ4n) is 1.80. The quantitative estimate of drug-likeness (QED) is 0.838. The molecule has 1 atom stereocenters. The lowest BCUT2D eigenvalue weighted by Gasteiger charge is -2.12. The Hall–Kier alpha value is -1.35. The van der Waals surface area contributed by atoms with Gasteiger partial charge in [-0.05, 0) is 42.9 Å². The summed E-state index contributed by atoms with van der Waals surface area (Å²) in [6.07, 6.45) is 0.852. The van der Waals surface area contributed by atoms with Crippen molar-refractivity contribution in [2.45, 2.75) is 46.1 Å². The van der Waals surface area contributed by atoms with E-state index in [-0.39, 0.29) is 5.91 Å². The largest absolute Gasteiger partial charge is 0.354 e. The highest BCUT2D eigenvalue weighted by atomic mass is 16.2. The zero-order valence-corrected chi connectivity index (χ0v) is 11.8. The highest BCUT2D eigenvalue weighted by Gasteiger charge is 2.07. The highest BCUT2D eigenvalue weighted by Crippen LogP contribution is 2.18. The van der Waals surface area contributed by atoms with Crippen molar-refractivity contribution >= 4 is 5.91 Å². The predicted molar refractivity (Wildman–Crippen MR) is 75.6 cm³/mol. The fourth-order valence-corrected chi connectivity index (χ4v) is 1.80. The minimum Gasteiger partial charge on any atom is -0.354 e. The van der Waals surface area contributed by atoms with Crippen LogP contribution >= 0.6 is 0 Å². The molecule has 1 aromatic carbocycles. The van der Waals surface area contributed by atoms with Gasteiger partial charge in [-0.25, -0.2) is 0 Å². The summed E-state index contributed by atoms with van der Waals surface area (Å²) in [6.45, 7) is 8.81. The summed E-state index contributed by atoms with van der Waals surface area (Å²) < 4.78 is 0. The number of nitrogens with one attached hydrogen (secondary N) is 1. The summed E-state index contributed by atoms with van der Waals surface area (Å²) in [5.41, 5.74) is 9.41. The van der Waals surface area contributed by atoms with Crippen LogP contribution < -0.4 is 11.1 Å². The number of hydrogen-bond donors (Lipinski definition) is 2. The van der Waals surface area contributed by atoms with E-state index in [1.807, 2.05) is 0 Å². The molecule has 0 saturated carbocycles. The molecular weight excluding hydrogens is 224 g/mol. The fraction of sp³-hybridized carbons (Fsp3) is 0.533. The molecule has 18 heavy (non-hydrogen) atoms. The molecule has 0 saturated heterocycles. The molecule has 0 aromatic heterocycles. The number of benzene rings is 1. The third-order valence-electron chi connectivity index (χ3n) is 3.15. The maximum Gasteiger partial charge on any atom is 0.236 e. The van der Waals surface area contributed by atoms with Crippen LogP contribution in [0.3, 0.4) is 0 Å². The van der Waals surface area contributed by atoms with Gasteiger partial charge >= 0.3 is 0 Å². The van der Waals surface area contributed by atoms with Gasteiger partial charge in [0.2, 0.25) is 5.91 Å². The third-order valence-corrected chi connectivity index (χ3v) is 3.15. The molecule has 3 nitrogen and oxygen atoms in total. The summed E-state index contributed by atoms with van der Waals surface area (Å²) >= 11 is 0. The number of aryl methyl sites for hydroxylation is 1. The Morgan fingerprint density at radius 2 is 2.00 bits per heavy atom. The second kappa shape index (κ2) is 6.55. The van der Waals surface area contributed by atoms with Crippen LogP contribution in [0.15, 0.2) is 18.2 Å². The van der Waals surface area contributed by atoms with E-state index in [2.05, 4.69) is 44.3 Å². The number of carbonyl (C=O) groups excluding carboxylic acids is 1. The van der Waals surface area contributed by atoms with Crippen molar-refractivity contribution < 1.29 is 4.79 Å². The lowest BCUT2D eigenvalue weighted by molar-refractivity contribution is -0.121. The van der Waals surface area contributed by atoms with Crippen LogP contribution in [0.4, 0.5) is 0 Å². The highest BCUT2D eigenvalue weighted by molar-refractivity contribution is 5.80. The van der Waals surface area contributed by atoms with Crippen molar-refractivity contribution in [2.24, 2.45) is 5.73 Å². The Labute approximate surface area is 110 Å². The second-order valence-electron chi connectivity index (χ2n) is 5.17. The van der Waals surface area contributed by atoms with Gasteiger partial charge in [0.25, 0.3) is 0 Å². The normalized spacial score (nSPS) is 12.6. The first-order chi connectivity index (χ1) is 8.41. The van der Waals surface area contributed by atoms with Gasteiger partial charge in [-0.2, -0.15) is 0 Å². The number of nitrogens with two attached hydrogens (primary N) is 1. The molecule has 0 aliphatic rings. The van der Waals surface area contributed by atoms with Crippen LogP contribution in [-0.2, 0) is 11.2 Å². The molecule has 1 amide bonds. The number of amides is 1. The average molecular weight is 248 g/mol. The van der Waals surface area contributed by atoms with Crippen LogP contribution in [0.1, 0.15) is 43.4 Å². The molecule has 0 aliphatic heterocycles. The topological polar surface area (TPSA) is 55.1 Å². The van der Waals surface area contributed by atoms with Crippen molar-refractivity contribution in [1.29, 1.82) is 0 Å². The van der Waals surface area contributed by atoms with E-state index >= 15 is 0 Å². The van der Waals surface area contributed by atoms with E-state index in [1.165, 1.54) is 16.7 Å². The SMILES string of the molecule is Cc1ccc(C(C)C)cc1CCNC(=O)C(C)N. The van der Waals surface area contributed by atoms with Gasteiger partial charge in [0.15, 0.2) is 0 Å². The summed E-state index contributed by atoms with van der Waals surface area (Å²) in [4.78, 5) is 11.4. The minimum absolute atomic E-state index is 0.0901. The Kier molecular flexibility index (Phi) is 5.35. The Balaban J connectivity index is 2.61. The van der Waals surface area contributed by atoms with Crippen molar-refractivity contribution in [2.75, 3.05) is 6.54 Å². The van der Waals surface area contributed by atoms with E-state index in [1.54, 1.807) is 6.92 Å². The molecule has 0 bridgehead atoms. The number of hydrogen-bond acceptors (Lipinski definition) is 2. The molecule has 3 heteroatoms. The van der Waals surface area contributed by atoms with Gasteiger partial charge in [-0.3, -0.25) is 4.79 Å². The molecule has 0 spiro atoms. The lowest BCUT2D eigenvalue weighted by Crippen LogP contribution is -2.39. The Bertz CT molecular complexity index is 411. The number of rotatable bonds is 5. The van der Waals surface area contributed by atoms with Crippen LogP contribution in [0.2, 0.25) is 0 Å². The maximum absolute atomic E-state index is 11.4. The first-order valence-electron chi connectivity index (χ1n) is 6.54. The molecule has 1 unspecified atom stereocenters. The molecule has 1 aromatic rings. The van der Waals surface area contributed by atoms with Crippen molar-refractivity contribution in [1.82, 2.24) is 5.32 Å². The molecule has 0 aliphatic carbocycles. The maximum atomic E-state index is 11.4. The number of carbonyl (C=O) groups is 1. The first-order valence-corrected chi connectivity index (χ1v) is 6.54. The van der Waals surface area contributed by atoms with Crippen LogP contribution in [-0.4, -0.2) is 18.5 Å². The standard InChI is InChI=1S/C15H24N2O/c1-10(2)13-6-5-11(3)14(9-13)7-8-17-15(18)12(4)16/h5-6,9-10,12H,7-8,16H2,1-4H3,(H,17,18). The van der Waals surface area contributed by atoms with E-state index in [0.717, 1.165) is 6.42 Å². The van der Waals surface area contributed by atoms with Crippen molar-refractivity contribution in [3.8, 4) is 0 Å². The molecule has 0 radical (unpaired) electrons. The molecule has 3 N–H and O–H groups in total. The van der Waals surface area contributed by atoms with Crippen LogP contribution in [0.5, 0.6) is 0 Å². The van der Waals surface area contributed by atoms with Gasteiger partial charge in [0.05, 0.1) is 6.04 Å². The monoisotopic (exact) mass is 248 g/mol. The van der Waals surface area contributed by atoms with Gasteiger partial charge in [0.1, 0.15) is 0 Å². The van der Waals surface area contributed by atoms with E-state index in [9.17, 15) is 4.79 Å². The Morgan fingerprint density at radius 3 is 2.56 bits per heavy atom. The first kappa shape index (κ1) is 14.7. The molecule has 1 rings (SSSR count). The summed E-state index contributed by atoms with van der Waals surface area (Å²) in [7, 11) is 0. The van der Waals surface area contributed by atoms with E-state index in [4.69, 9.17) is 5.73 Å². The van der Waals surface area contributed by atoms with E-state index in [0.29, 0.717) is 12.5 Å². The molecular formula is C15H24N2O. The summed E-state index contributed by atoms with van der Waals surface area (Å²) in [5, 5.41) is 2.84. The third kappa shape index (κ3) is 4.15. The smallest absolute Gasteiger partial charge is 0.236 e. The van der Waals surface area contributed by atoms with Gasteiger partial charge in [-0.1, -0.05) is 32.0 Å². The lowest BCUT2D eigenvalue weighted by atomic mass is 9.96. The summed E-state index contributed by atoms with van der Waals surface area (Å²) in [6, 6.07) is 6.12. The van der Waals surface area contributed by atoms with Gasteiger partial charge in [0, 0.05) is 6.54 Å². The zero-order chi connectivity index (χ0) is 13.7. The average Bonchev–Trinajstić information content (AvgIpc) is 2.30. The Morgan fingerprint density at radius 1 is 1.33 bits per heavy atom. The second-order valence-corrected chi connectivity index (χ2v) is 5.17. The molecule has 100 valence electrons. The van der Waals surface area contributed by atoms with Crippen molar-refractivity contribution in [3.63, 3.8) is 0 Å². The van der Waals surface area contributed by atoms with Crippen LogP contribution in [0.25, 0.3) is 0 Å². The van der Waals surface area contributed by atoms with Gasteiger partial charge < -0.3 is 11.1 Å². The van der Waals surface area contributed by atoms with Gasteiger partial charge in [-0.15, -0.1) is 0 Å². The summed E-state index contributed by atoms with van der Waals surface area (Å²) in [5.74, 6) is 0.440. The van der Waals surface area contributed by atoms with E-state index < -0.39 is 6.04 Å². The predicted octanol–water partition coefficient (Wildman–Crippen LogP) is 2.12. The molecule has 0 fully saturated rings. The zero-order valence-electron chi connectivity index (χ0n) is 11.8.